The Balaban J connectivity index is 1.57. The average molecular weight is 484 g/mol. The largest absolute Gasteiger partial charge is 0.347 e. The molecule has 2 aromatic rings. The SMILES string of the molecule is C=CC1=[N+](C)c2ccc(Cl)c(C3=CC(=CC=C4N(C)c5ccccc5C4(C)C)CCC3)c2C1(C)C. The van der Waals surface area contributed by atoms with Gasteiger partial charge in [0.25, 0.3) is 0 Å². The molecule has 1 aliphatic carbocycles. The second kappa shape index (κ2) is 8.38. The van der Waals surface area contributed by atoms with E-state index < -0.39 is 0 Å². The molecule has 3 heteroatoms. The van der Waals surface area contributed by atoms with Crippen molar-refractivity contribution in [3.05, 3.63) is 100 Å². The molecule has 0 radical (unpaired) electrons. The van der Waals surface area contributed by atoms with E-state index in [2.05, 4.69) is 112 Å². The highest BCUT2D eigenvalue weighted by atomic mass is 35.5. The van der Waals surface area contributed by atoms with Crippen molar-refractivity contribution in [2.45, 2.75) is 57.8 Å². The third kappa shape index (κ3) is 3.57. The molecule has 0 saturated heterocycles. The van der Waals surface area contributed by atoms with Gasteiger partial charge in [-0.15, -0.1) is 0 Å². The van der Waals surface area contributed by atoms with Gasteiger partial charge in [-0.05, 0) is 74.1 Å². The van der Waals surface area contributed by atoms with Crippen molar-refractivity contribution in [1.29, 1.82) is 0 Å². The average Bonchev–Trinajstić information content (AvgIpc) is 3.15. The van der Waals surface area contributed by atoms with Crippen LogP contribution in [-0.4, -0.2) is 24.4 Å². The molecule has 35 heavy (non-hydrogen) atoms. The van der Waals surface area contributed by atoms with E-state index in [4.69, 9.17) is 11.6 Å². The highest BCUT2D eigenvalue weighted by Crippen LogP contribution is 2.49. The first-order valence-electron chi connectivity index (χ1n) is 12.6. The smallest absolute Gasteiger partial charge is 0.210 e. The Labute approximate surface area is 215 Å². The lowest BCUT2D eigenvalue weighted by Gasteiger charge is -2.25. The van der Waals surface area contributed by atoms with Gasteiger partial charge in [0.15, 0.2) is 5.71 Å². The summed E-state index contributed by atoms with van der Waals surface area (Å²) in [5.41, 5.74) is 11.6. The molecule has 0 bridgehead atoms. The van der Waals surface area contributed by atoms with Gasteiger partial charge < -0.3 is 4.90 Å². The number of rotatable bonds is 3. The first-order chi connectivity index (χ1) is 16.6. The van der Waals surface area contributed by atoms with Crippen molar-refractivity contribution in [3.63, 3.8) is 0 Å². The molecule has 0 saturated carbocycles. The van der Waals surface area contributed by atoms with Crippen LogP contribution >= 0.6 is 11.6 Å². The Kier molecular flexibility index (Phi) is 5.72. The van der Waals surface area contributed by atoms with E-state index >= 15 is 0 Å². The number of hydrogen-bond acceptors (Lipinski definition) is 1. The molecule has 0 aromatic heterocycles. The molecule has 180 valence electrons. The number of benzene rings is 2. The number of nitrogens with zero attached hydrogens (tertiary/aromatic N) is 2. The van der Waals surface area contributed by atoms with Crippen molar-refractivity contribution in [3.8, 4) is 0 Å². The van der Waals surface area contributed by atoms with Crippen LogP contribution in [0, 0.1) is 0 Å². The topological polar surface area (TPSA) is 6.25 Å². The van der Waals surface area contributed by atoms with Crippen LogP contribution in [0.5, 0.6) is 0 Å². The van der Waals surface area contributed by atoms with Crippen LogP contribution in [0.2, 0.25) is 5.02 Å². The van der Waals surface area contributed by atoms with Gasteiger partial charge in [0.2, 0.25) is 5.69 Å². The second-order valence-electron chi connectivity index (χ2n) is 11.1. The summed E-state index contributed by atoms with van der Waals surface area (Å²) in [6, 6.07) is 12.9. The molecule has 2 heterocycles. The first kappa shape index (κ1) is 23.9. The summed E-state index contributed by atoms with van der Waals surface area (Å²) in [7, 11) is 4.31. The van der Waals surface area contributed by atoms with Crippen LogP contribution in [0.4, 0.5) is 11.4 Å². The highest BCUT2D eigenvalue weighted by Gasteiger charge is 2.45. The minimum atomic E-state index is -0.140. The van der Waals surface area contributed by atoms with Crippen molar-refractivity contribution >= 4 is 34.3 Å². The van der Waals surface area contributed by atoms with E-state index in [0.29, 0.717) is 0 Å². The molecule has 0 amide bonds. The van der Waals surface area contributed by atoms with Crippen molar-refractivity contribution in [1.82, 2.24) is 0 Å². The van der Waals surface area contributed by atoms with Gasteiger partial charge in [-0.2, -0.15) is 4.58 Å². The fourth-order valence-electron chi connectivity index (χ4n) is 6.53. The predicted octanol–water partition coefficient (Wildman–Crippen LogP) is 8.34. The Morgan fingerprint density at radius 2 is 1.74 bits per heavy atom. The van der Waals surface area contributed by atoms with Gasteiger partial charge in [-0.1, -0.05) is 62.4 Å². The maximum Gasteiger partial charge on any atom is 0.210 e. The van der Waals surface area contributed by atoms with Crippen LogP contribution in [0.3, 0.4) is 0 Å². The first-order valence-corrected chi connectivity index (χ1v) is 13.0. The van der Waals surface area contributed by atoms with E-state index in [1.807, 2.05) is 6.08 Å². The monoisotopic (exact) mass is 483 g/mol. The summed E-state index contributed by atoms with van der Waals surface area (Å²) in [6.07, 6.45) is 12.3. The van der Waals surface area contributed by atoms with Gasteiger partial charge in [0.05, 0.1) is 5.41 Å². The van der Waals surface area contributed by atoms with Gasteiger partial charge in [0.1, 0.15) is 7.05 Å². The number of para-hydroxylation sites is 1. The summed E-state index contributed by atoms with van der Waals surface area (Å²) < 4.78 is 2.27. The van der Waals surface area contributed by atoms with E-state index in [1.165, 1.54) is 50.6 Å². The summed E-state index contributed by atoms with van der Waals surface area (Å²) in [4.78, 5) is 2.34. The fraction of sp³-hybridized carbons (Fsp3) is 0.344. The molecule has 0 atom stereocenters. The maximum absolute atomic E-state index is 6.91. The lowest BCUT2D eigenvalue weighted by atomic mass is 9.76. The van der Waals surface area contributed by atoms with Crippen LogP contribution in [0.25, 0.3) is 5.57 Å². The fourth-order valence-corrected chi connectivity index (χ4v) is 6.81. The Morgan fingerprint density at radius 1 is 1.00 bits per heavy atom. The zero-order valence-corrected chi connectivity index (χ0v) is 22.6. The lowest BCUT2D eigenvalue weighted by Crippen LogP contribution is -2.27. The van der Waals surface area contributed by atoms with Gasteiger partial charge in [0, 0.05) is 46.1 Å². The van der Waals surface area contributed by atoms with Crippen molar-refractivity contribution < 1.29 is 4.58 Å². The minimum absolute atomic E-state index is 0.0152. The Bertz CT molecular complexity index is 1360. The van der Waals surface area contributed by atoms with Crippen LogP contribution < -0.4 is 4.90 Å². The number of anilines is 1. The Hall–Kier alpha value is -2.84. The summed E-state index contributed by atoms with van der Waals surface area (Å²) in [5, 5.41) is 0.841. The van der Waals surface area contributed by atoms with Gasteiger partial charge in [-0.3, -0.25) is 0 Å². The van der Waals surface area contributed by atoms with Crippen LogP contribution in [0.1, 0.15) is 63.6 Å². The molecule has 2 aliphatic heterocycles. The van der Waals surface area contributed by atoms with E-state index in [9.17, 15) is 0 Å². The number of fused-ring (bicyclic) bond motifs is 2. The third-order valence-electron chi connectivity index (χ3n) is 8.30. The number of likely N-dealkylation sites (N-methyl/N-ethyl adjacent to an activating group) is 1. The normalized spacial score (nSPS) is 22.5. The zero-order valence-electron chi connectivity index (χ0n) is 21.9. The summed E-state index contributed by atoms with van der Waals surface area (Å²) >= 11 is 6.91. The standard InChI is InChI=1S/C32H36ClN2/c1-8-27-32(4,5)30-26(35(27)7)18-17-24(33)29(30)22-13-11-12-21(20-22)16-19-28-31(2,3)23-14-9-10-15-25(23)34(28)6/h8-10,14-20H,1,11-13H2,2-7H3/q+1. The maximum atomic E-state index is 6.91. The van der Waals surface area contributed by atoms with Gasteiger partial charge in [-0.25, -0.2) is 0 Å². The molecule has 3 aliphatic rings. The quantitative estimate of drug-likeness (QED) is 0.397. The minimum Gasteiger partial charge on any atom is -0.347 e. The van der Waals surface area contributed by atoms with E-state index in [-0.39, 0.29) is 10.8 Å². The van der Waals surface area contributed by atoms with Crippen molar-refractivity contribution in [2.24, 2.45) is 0 Å². The Morgan fingerprint density at radius 3 is 2.46 bits per heavy atom. The van der Waals surface area contributed by atoms with Crippen LogP contribution in [0.15, 0.2) is 78.6 Å². The molecule has 2 nitrogen and oxygen atoms in total. The predicted molar refractivity (Wildman–Crippen MR) is 151 cm³/mol. The zero-order chi connectivity index (χ0) is 25.1. The molecule has 0 N–H and O–H groups in total. The molecular weight excluding hydrogens is 448 g/mol. The molecule has 0 unspecified atom stereocenters. The summed E-state index contributed by atoms with van der Waals surface area (Å²) in [5.74, 6) is 0. The van der Waals surface area contributed by atoms with Crippen LogP contribution in [-0.2, 0) is 10.8 Å². The molecule has 0 fully saturated rings. The number of hydrogen-bond donors (Lipinski definition) is 0. The number of halogens is 1. The number of allylic oxidation sites excluding steroid dienone is 7. The highest BCUT2D eigenvalue weighted by molar-refractivity contribution is 6.33. The second-order valence-corrected chi connectivity index (χ2v) is 11.5. The molecule has 5 rings (SSSR count). The third-order valence-corrected chi connectivity index (χ3v) is 8.62. The lowest BCUT2D eigenvalue weighted by molar-refractivity contribution is -0.401. The van der Waals surface area contributed by atoms with E-state index in [1.54, 1.807) is 0 Å². The summed E-state index contributed by atoms with van der Waals surface area (Å²) in [6.45, 7) is 13.3. The van der Waals surface area contributed by atoms with E-state index in [0.717, 1.165) is 24.3 Å². The van der Waals surface area contributed by atoms with Gasteiger partial charge >= 0.3 is 0 Å². The molecule has 0 spiro atoms. The molecular formula is C32H36ClN2+. The molecule has 2 aromatic carbocycles. The van der Waals surface area contributed by atoms with Crippen molar-refractivity contribution in [2.75, 3.05) is 19.0 Å².